The molecule has 30 heavy (non-hydrogen) atoms. The van der Waals surface area contributed by atoms with Crippen molar-refractivity contribution >= 4 is 21.6 Å². The molecule has 5 nitrogen and oxygen atoms in total. The molecule has 0 bridgehead atoms. The first-order valence-corrected chi connectivity index (χ1v) is 11.2. The van der Waals surface area contributed by atoms with Gasteiger partial charge < -0.3 is 9.47 Å². The van der Waals surface area contributed by atoms with Crippen LogP contribution in [-0.2, 0) is 22.6 Å². The van der Waals surface area contributed by atoms with Crippen LogP contribution >= 0.6 is 11.6 Å². The van der Waals surface area contributed by atoms with Crippen molar-refractivity contribution in [3.05, 3.63) is 52.0 Å². The smallest absolute Gasteiger partial charge is 0.416 e. The summed E-state index contributed by atoms with van der Waals surface area (Å²) >= 11 is 6.00. The highest BCUT2D eigenvalue weighted by Gasteiger charge is 2.38. The fraction of sp³-hybridized carbons (Fsp3) is 0.400. The van der Waals surface area contributed by atoms with Gasteiger partial charge in [0.25, 0.3) is 0 Å². The van der Waals surface area contributed by atoms with Crippen LogP contribution in [0, 0.1) is 0 Å². The van der Waals surface area contributed by atoms with Crippen molar-refractivity contribution in [2.45, 2.75) is 36.9 Å². The molecule has 0 saturated carbocycles. The fourth-order valence-electron chi connectivity index (χ4n) is 3.78. The zero-order valence-corrected chi connectivity index (χ0v) is 17.6. The van der Waals surface area contributed by atoms with E-state index in [0.717, 1.165) is 29.7 Å². The van der Waals surface area contributed by atoms with E-state index in [4.69, 9.17) is 21.1 Å². The maximum Gasteiger partial charge on any atom is 0.416 e. The molecule has 0 aromatic heterocycles. The first-order valence-electron chi connectivity index (χ1n) is 9.40. The third-order valence-corrected chi connectivity index (χ3v) is 7.79. The first kappa shape index (κ1) is 21.3. The number of hydrogen-bond acceptors (Lipinski definition) is 4. The molecule has 2 aromatic carbocycles. The van der Waals surface area contributed by atoms with Gasteiger partial charge in [0.1, 0.15) is 4.90 Å². The molecule has 0 N–H and O–H groups in total. The van der Waals surface area contributed by atoms with Crippen LogP contribution in [0.5, 0.6) is 11.5 Å². The summed E-state index contributed by atoms with van der Waals surface area (Å²) in [4.78, 5) is -0.552. The minimum atomic E-state index is -4.68. The van der Waals surface area contributed by atoms with E-state index in [1.54, 1.807) is 13.0 Å². The van der Waals surface area contributed by atoms with E-state index in [1.165, 1.54) is 4.31 Å². The Kier molecular flexibility index (Phi) is 5.40. The molecular formula is C20H19ClF3NO4S. The van der Waals surface area contributed by atoms with Gasteiger partial charge in [0, 0.05) is 19.0 Å². The van der Waals surface area contributed by atoms with Crippen molar-refractivity contribution in [2.75, 3.05) is 19.8 Å². The summed E-state index contributed by atoms with van der Waals surface area (Å²) in [5, 5.41) is -0.250. The number of benzene rings is 2. The number of fused-ring (bicyclic) bond motifs is 2. The predicted molar refractivity (Wildman–Crippen MR) is 105 cm³/mol. The van der Waals surface area contributed by atoms with Gasteiger partial charge in [-0.1, -0.05) is 11.6 Å². The lowest BCUT2D eigenvalue weighted by Gasteiger charge is -2.35. The van der Waals surface area contributed by atoms with Gasteiger partial charge in [-0.2, -0.15) is 17.5 Å². The third kappa shape index (κ3) is 3.74. The number of ether oxygens (including phenoxy) is 2. The van der Waals surface area contributed by atoms with Crippen LogP contribution in [0.3, 0.4) is 0 Å². The minimum absolute atomic E-state index is 0.114. The molecule has 4 rings (SSSR count). The van der Waals surface area contributed by atoms with E-state index >= 15 is 0 Å². The molecule has 2 aliphatic heterocycles. The maximum absolute atomic E-state index is 13.3. The van der Waals surface area contributed by atoms with Gasteiger partial charge in [0.05, 0.1) is 23.8 Å². The Labute approximate surface area is 177 Å². The van der Waals surface area contributed by atoms with E-state index in [2.05, 4.69) is 0 Å². The molecule has 2 aliphatic rings. The molecule has 2 heterocycles. The molecule has 1 atom stereocenters. The molecule has 0 radical (unpaired) electrons. The largest absolute Gasteiger partial charge is 0.490 e. The fourth-order valence-corrected chi connectivity index (χ4v) is 5.90. The number of rotatable bonds is 2. The highest BCUT2D eigenvalue weighted by atomic mass is 35.5. The summed E-state index contributed by atoms with van der Waals surface area (Å²) in [5.74, 6) is 1.16. The molecule has 0 fully saturated rings. The van der Waals surface area contributed by atoms with Gasteiger partial charge in [0.2, 0.25) is 10.0 Å². The average molecular weight is 462 g/mol. The lowest BCUT2D eigenvalue weighted by Crippen LogP contribution is -2.39. The summed E-state index contributed by atoms with van der Waals surface area (Å²) in [6.07, 6.45) is -3.54. The van der Waals surface area contributed by atoms with E-state index in [1.807, 2.05) is 6.07 Å². The molecular weight excluding hydrogens is 443 g/mol. The summed E-state index contributed by atoms with van der Waals surface area (Å²) < 4.78 is 78.5. The summed E-state index contributed by atoms with van der Waals surface area (Å²) in [6.45, 7) is 2.83. The van der Waals surface area contributed by atoms with Crippen molar-refractivity contribution < 1.29 is 31.1 Å². The van der Waals surface area contributed by atoms with Crippen molar-refractivity contribution in [1.82, 2.24) is 4.31 Å². The van der Waals surface area contributed by atoms with Crippen LogP contribution in [0.25, 0.3) is 0 Å². The highest BCUT2D eigenvalue weighted by Crippen LogP contribution is 2.42. The Balaban J connectivity index is 1.73. The molecule has 10 heteroatoms. The number of hydrogen-bond donors (Lipinski definition) is 0. The SMILES string of the molecule is C[C@@H]1c2cc3c(cc2CCN1S(=O)(=O)c1cc(C(F)(F)F)ccc1Cl)OCCCO3. The summed E-state index contributed by atoms with van der Waals surface area (Å²) in [7, 11) is -4.27. The molecule has 0 saturated heterocycles. The van der Waals surface area contributed by atoms with Gasteiger partial charge in [-0.3, -0.25) is 0 Å². The molecule has 162 valence electrons. The number of halogens is 4. The first-order chi connectivity index (χ1) is 14.1. The summed E-state index contributed by atoms with van der Waals surface area (Å²) in [5.41, 5.74) is 0.594. The van der Waals surface area contributed by atoms with Gasteiger partial charge in [0.15, 0.2) is 11.5 Å². The molecule has 0 unspecified atom stereocenters. The minimum Gasteiger partial charge on any atom is -0.490 e. The van der Waals surface area contributed by atoms with Crippen molar-refractivity contribution in [3.8, 4) is 11.5 Å². The number of alkyl halides is 3. The van der Waals surface area contributed by atoms with E-state index in [0.29, 0.717) is 37.2 Å². The van der Waals surface area contributed by atoms with Gasteiger partial charge in [-0.15, -0.1) is 0 Å². The quantitative estimate of drug-likeness (QED) is 0.643. The Bertz CT molecular complexity index is 1090. The van der Waals surface area contributed by atoms with Gasteiger partial charge in [-0.05, 0) is 54.8 Å². The van der Waals surface area contributed by atoms with Gasteiger partial charge in [-0.25, -0.2) is 8.42 Å². The Morgan fingerprint density at radius 2 is 1.77 bits per heavy atom. The second-order valence-electron chi connectivity index (χ2n) is 7.23. The Hall–Kier alpha value is -1.97. The molecule has 0 aliphatic carbocycles. The van der Waals surface area contributed by atoms with Crippen LogP contribution in [0.2, 0.25) is 5.02 Å². The predicted octanol–water partition coefficient (Wildman–Crippen LogP) is 4.83. The standard InChI is InChI=1S/C20H19ClF3NO4S/c1-12-15-11-18-17(28-7-2-8-29-18)9-13(15)5-6-25(12)30(26,27)19-10-14(20(22,23)24)3-4-16(19)21/h3-4,9-12H,2,5-8H2,1H3/t12-/m1/s1. The lowest BCUT2D eigenvalue weighted by molar-refractivity contribution is -0.137. The lowest BCUT2D eigenvalue weighted by atomic mass is 9.94. The van der Waals surface area contributed by atoms with E-state index in [9.17, 15) is 21.6 Å². The maximum atomic E-state index is 13.3. The second kappa shape index (κ2) is 7.62. The average Bonchev–Trinajstić information content (AvgIpc) is 2.91. The van der Waals surface area contributed by atoms with Gasteiger partial charge >= 0.3 is 6.18 Å². The zero-order chi connectivity index (χ0) is 21.7. The van der Waals surface area contributed by atoms with Crippen LogP contribution in [-0.4, -0.2) is 32.5 Å². The van der Waals surface area contributed by atoms with Crippen LogP contribution < -0.4 is 9.47 Å². The molecule has 0 spiro atoms. The normalized spacial score (nSPS) is 19.8. The monoisotopic (exact) mass is 461 g/mol. The van der Waals surface area contributed by atoms with Crippen molar-refractivity contribution in [1.29, 1.82) is 0 Å². The Morgan fingerprint density at radius 3 is 2.43 bits per heavy atom. The molecule has 0 amide bonds. The molecule has 2 aromatic rings. The van der Waals surface area contributed by atoms with E-state index < -0.39 is 32.7 Å². The second-order valence-corrected chi connectivity index (χ2v) is 9.50. The van der Waals surface area contributed by atoms with Crippen LogP contribution in [0.1, 0.15) is 36.1 Å². The third-order valence-electron chi connectivity index (χ3n) is 5.34. The highest BCUT2D eigenvalue weighted by molar-refractivity contribution is 7.89. The number of nitrogens with zero attached hydrogens (tertiary/aromatic N) is 1. The van der Waals surface area contributed by atoms with Crippen LogP contribution in [0.15, 0.2) is 35.2 Å². The zero-order valence-electron chi connectivity index (χ0n) is 16.0. The van der Waals surface area contributed by atoms with Crippen molar-refractivity contribution in [3.63, 3.8) is 0 Å². The van der Waals surface area contributed by atoms with E-state index in [-0.39, 0.29) is 11.6 Å². The topological polar surface area (TPSA) is 55.8 Å². The van der Waals surface area contributed by atoms with Crippen LogP contribution in [0.4, 0.5) is 13.2 Å². The summed E-state index contributed by atoms with van der Waals surface area (Å²) in [6, 6.07) is 5.33. The number of sulfonamides is 1. The Morgan fingerprint density at radius 1 is 1.10 bits per heavy atom. The van der Waals surface area contributed by atoms with Crippen molar-refractivity contribution in [2.24, 2.45) is 0 Å².